The first-order valence-electron chi connectivity index (χ1n) is 6.79. The summed E-state index contributed by atoms with van der Waals surface area (Å²) in [6.07, 6.45) is 5.99. The van der Waals surface area contributed by atoms with Crippen molar-refractivity contribution in [1.82, 2.24) is 0 Å². The third kappa shape index (κ3) is 3.73. The van der Waals surface area contributed by atoms with Gasteiger partial charge in [-0.2, -0.15) is 0 Å². The van der Waals surface area contributed by atoms with Crippen molar-refractivity contribution in [1.29, 1.82) is 0 Å². The Morgan fingerprint density at radius 3 is 2.85 bits per heavy atom. The van der Waals surface area contributed by atoms with E-state index in [2.05, 4.69) is 18.2 Å². The molecule has 1 aliphatic rings. The maximum absolute atomic E-state index is 11.5. The maximum Gasteiger partial charge on any atom is 0.223 e. The minimum atomic E-state index is 0.105. The van der Waals surface area contributed by atoms with Crippen molar-refractivity contribution in [3.8, 4) is 0 Å². The van der Waals surface area contributed by atoms with Gasteiger partial charge in [0.2, 0.25) is 5.91 Å². The van der Waals surface area contributed by atoms with Crippen LogP contribution in [0.2, 0.25) is 0 Å². The lowest BCUT2D eigenvalue weighted by Gasteiger charge is -2.14. The highest BCUT2D eigenvalue weighted by atomic mass is 32.2. The summed E-state index contributed by atoms with van der Waals surface area (Å²) in [5, 5.41) is 0.167. The summed E-state index contributed by atoms with van der Waals surface area (Å²) < 4.78 is 0. The van der Waals surface area contributed by atoms with Crippen LogP contribution < -0.4 is 4.90 Å². The maximum atomic E-state index is 11.5. The van der Waals surface area contributed by atoms with E-state index < -0.39 is 0 Å². The molecule has 0 N–H and O–H groups in total. The lowest BCUT2D eigenvalue weighted by Crippen LogP contribution is -2.25. The van der Waals surface area contributed by atoms with Crippen LogP contribution in [0.4, 0.5) is 5.69 Å². The zero-order chi connectivity index (χ0) is 14.5. The second-order valence-electron chi connectivity index (χ2n) is 4.84. The lowest BCUT2D eigenvalue weighted by atomic mass is 10.1. The van der Waals surface area contributed by atoms with Crippen molar-refractivity contribution < 1.29 is 9.59 Å². The van der Waals surface area contributed by atoms with Crippen molar-refractivity contribution >= 4 is 34.5 Å². The number of thioether (sulfide) groups is 1. The van der Waals surface area contributed by atoms with Gasteiger partial charge in [0.15, 0.2) is 5.12 Å². The second-order valence-corrected chi connectivity index (χ2v) is 6.11. The van der Waals surface area contributed by atoms with E-state index >= 15 is 0 Å². The summed E-state index contributed by atoms with van der Waals surface area (Å²) in [6.45, 7) is 3.98. The first kappa shape index (κ1) is 14.9. The molecule has 0 bridgehead atoms. The molecule has 0 saturated heterocycles. The predicted molar refractivity (Wildman–Crippen MR) is 85.0 cm³/mol. The molecule has 0 aliphatic carbocycles. The van der Waals surface area contributed by atoms with E-state index in [1.807, 2.05) is 17.0 Å². The smallest absolute Gasteiger partial charge is 0.223 e. The van der Waals surface area contributed by atoms with E-state index in [4.69, 9.17) is 0 Å². The number of hydrogen-bond donors (Lipinski definition) is 0. The third-order valence-corrected chi connectivity index (χ3v) is 4.13. The standard InChI is InChI=1S/C16H19NO2S/c1-12(18)17-9-8-15-11-14(6-7-16(15)17)5-3-4-10-20-13(2)19/h3,5-7,11H,4,8-10H2,1-2H3. The molecule has 1 amide bonds. The number of amides is 1. The van der Waals surface area contributed by atoms with Crippen molar-refractivity contribution in [3.05, 3.63) is 35.4 Å². The van der Waals surface area contributed by atoms with Crippen molar-refractivity contribution in [2.75, 3.05) is 17.2 Å². The van der Waals surface area contributed by atoms with Crippen molar-refractivity contribution in [2.24, 2.45) is 0 Å². The highest BCUT2D eigenvalue weighted by Gasteiger charge is 2.21. The zero-order valence-electron chi connectivity index (χ0n) is 11.9. The molecule has 0 aromatic heterocycles. The van der Waals surface area contributed by atoms with E-state index in [-0.39, 0.29) is 11.0 Å². The molecular formula is C16H19NO2S. The highest BCUT2D eigenvalue weighted by molar-refractivity contribution is 8.13. The molecule has 0 atom stereocenters. The summed E-state index contributed by atoms with van der Waals surface area (Å²) in [6, 6.07) is 6.20. The molecule has 0 radical (unpaired) electrons. The van der Waals surface area contributed by atoms with Gasteiger partial charge in [0.05, 0.1) is 0 Å². The Morgan fingerprint density at radius 1 is 1.35 bits per heavy atom. The van der Waals surface area contributed by atoms with Crippen LogP contribution in [0.3, 0.4) is 0 Å². The van der Waals surface area contributed by atoms with E-state index in [9.17, 15) is 9.59 Å². The average molecular weight is 289 g/mol. The number of hydrogen-bond acceptors (Lipinski definition) is 3. The Hall–Kier alpha value is -1.55. The highest BCUT2D eigenvalue weighted by Crippen LogP contribution is 2.29. The zero-order valence-corrected chi connectivity index (χ0v) is 12.7. The summed E-state index contributed by atoms with van der Waals surface area (Å²) in [4.78, 5) is 24.1. The molecule has 106 valence electrons. The fraction of sp³-hybridized carbons (Fsp3) is 0.375. The minimum absolute atomic E-state index is 0.105. The topological polar surface area (TPSA) is 37.4 Å². The van der Waals surface area contributed by atoms with E-state index in [1.54, 1.807) is 13.8 Å². The molecule has 1 heterocycles. The number of benzene rings is 1. The quantitative estimate of drug-likeness (QED) is 0.798. The Bertz CT molecular complexity index is 551. The molecule has 2 rings (SSSR count). The predicted octanol–water partition coefficient (Wildman–Crippen LogP) is 3.28. The number of carbonyl (C=O) groups is 2. The number of fused-ring (bicyclic) bond motifs is 1. The molecule has 1 aromatic rings. The number of carbonyl (C=O) groups excluding carboxylic acids is 2. The summed E-state index contributed by atoms with van der Waals surface area (Å²) in [5.74, 6) is 0.933. The summed E-state index contributed by atoms with van der Waals surface area (Å²) >= 11 is 1.36. The van der Waals surface area contributed by atoms with E-state index in [0.29, 0.717) is 0 Å². The molecule has 0 spiro atoms. The van der Waals surface area contributed by atoms with Gasteiger partial charge >= 0.3 is 0 Å². The first-order chi connectivity index (χ1) is 9.58. The van der Waals surface area contributed by atoms with Gasteiger partial charge in [-0.25, -0.2) is 0 Å². The number of nitrogens with zero attached hydrogens (tertiary/aromatic N) is 1. The van der Waals surface area contributed by atoms with Gasteiger partial charge in [-0.05, 0) is 36.1 Å². The number of rotatable bonds is 4. The van der Waals surface area contributed by atoms with Crippen molar-refractivity contribution in [2.45, 2.75) is 26.7 Å². The summed E-state index contributed by atoms with van der Waals surface area (Å²) in [7, 11) is 0. The number of anilines is 1. The average Bonchev–Trinajstić information content (AvgIpc) is 2.81. The Labute approximate surface area is 124 Å². The van der Waals surface area contributed by atoms with Crippen LogP contribution in [-0.4, -0.2) is 23.3 Å². The lowest BCUT2D eigenvalue weighted by molar-refractivity contribution is -0.116. The van der Waals surface area contributed by atoms with Gasteiger partial charge in [-0.15, -0.1) is 0 Å². The van der Waals surface area contributed by atoms with Gasteiger partial charge in [0, 0.05) is 31.8 Å². The first-order valence-corrected chi connectivity index (χ1v) is 7.77. The van der Waals surface area contributed by atoms with Gasteiger partial charge < -0.3 is 4.90 Å². The van der Waals surface area contributed by atoms with Gasteiger partial charge in [0.25, 0.3) is 0 Å². The minimum Gasteiger partial charge on any atom is -0.312 e. The molecule has 1 aliphatic heterocycles. The molecule has 0 saturated carbocycles. The van der Waals surface area contributed by atoms with Crippen LogP contribution >= 0.6 is 11.8 Å². The molecular weight excluding hydrogens is 270 g/mol. The Balaban J connectivity index is 1.97. The monoisotopic (exact) mass is 289 g/mol. The van der Waals surface area contributed by atoms with Crippen LogP contribution in [0.15, 0.2) is 24.3 Å². The van der Waals surface area contributed by atoms with Crippen LogP contribution in [-0.2, 0) is 16.0 Å². The Kier molecular flexibility index (Phi) is 5.01. The molecule has 20 heavy (non-hydrogen) atoms. The normalized spacial score (nSPS) is 13.8. The fourth-order valence-corrected chi connectivity index (χ4v) is 2.88. The van der Waals surface area contributed by atoms with E-state index in [0.717, 1.165) is 36.4 Å². The fourth-order valence-electron chi connectivity index (χ4n) is 2.34. The molecule has 0 unspecified atom stereocenters. The van der Waals surface area contributed by atoms with Crippen LogP contribution in [0.5, 0.6) is 0 Å². The second kappa shape index (κ2) is 6.75. The Morgan fingerprint density at radius 2 is 2.15 bits per heavy atom. The van der Waals surface area contributed by atoms with Crippen LogP contribution in [0.1, 0.15) is 31.4 Å². The molecule has 3 nitrogen and oxygen atoms in total. The molecule has 1 aromatic carbocycles. The van der Waals surface area contributed by atoms with E-state index in [1.165, 1.54) is 17.3 Å². The van der Waals surface area contributed by atoms with Crippen LogP contribution in [0, 0.1) is 0 Å². The SMILES string of the molecule is CC(=O)SCCC=Cc1ccc2c(c1)CCN2C(C)=O. The third-order valence-electron chi connectivity index (χ3n) is 3.28. The summed E-state index contributed by atoms with van der Waals surface area (Å²) in [5.41, 5.74) is 3.43. The molecule has 4 heteroatoms. The number of allylic oxidation sites excluding steroid dienone is 1. The molecule has 0 fully saturated rings. The van der Waals surface area contributed by atoms with Gasteiger partial charge in [-0.1, -0.05) is 30.0 Å². The van der Waals surface area contributed by atoms with Crippen LogP contribution in [0.25, 0.3) is 6.08 Å². The van der Waals surface area contributed by atoms with Gasteiger partial charge in [-0.3, -0.25) is 9.59 Å². The van der Waals surface area contributed by atoms with Crippen molar-refractivity contribution in [3.63, 3.8) is 0 Å². The largest absolute Gasteiger partial charge is 0.312 e. The van der Waals surface area contributed by atoms with Gasteiger partial charge in [0.1, 0.15) is 0 Å².